The van der Waals surface area contributed by atoms with E-state index in [1.54, 1.807) is 6.07 Å². The predicted molar refractivity (Wildman–Crippen MR) is 144 cm³/mol. The Balaban J connectivity index is 2.13. The number of ether oxygens (including phenoxy) is 5. The number of fused-ring (bicyclic) bond motifs is 22. The summed E-state index contributed by atoms with van der Waals surface area (Å²) in [6.45, 7) is 3.18. The van der Waals surface area contributed by atoms with E-state index in [1.807, 2.05) is 0 Å². The van der Waals surface area contributed by atoms with Crippen LogP contribution in [-0.2, 0) is 30.2 Å². The first-order chi connectivity index (χ1) is 19.0. The third-order valence-electron chi connectivity index (χ3n) is 6.26. The minimum Gasteiger partial charge on any atom is -0.493 e. The van der Waals surface area contributed by atoms with Crippen molar-refractivity contribution in [2.75, 3.05) is 59.9 Å². The minimum atomic E-state index is -0.693. The van der Waals surface area contributed by atoms with Gasteiger partial charge in [-0.05, 0) is 57.6 Å². The molecule has 39 heavy (non-hydrogen) atoms. The van der Waals surface area contributed by atoms with Gasteiger partial charge in [0.25, 0.3) is 5.69 Å². The topological polar surface area (TPSA) is 161 Å². The van der Waals surface area contributed by atoms with E-state index >= 15 is 0 Å². The van der Waals surface area contributed by atoms with Crippen LogP contribution in [-0.4, -0.2) is 82.6 Å². The Kier molecular flexibility index (Phi) is 16.0. The van der Waals surface area contributed by atoms with Crippen molar-refractivity contribution >= 4 is 17.4 Å². The lowest BCUT2D eigenvalue weighted by Gasteiger charge is -2.18. The van der Waals surface area contributed by atoms with E-state index in [-0.39, 0.29) is 49.2 Å². The number of nitro benzene ring substituents is 1. The molecule has 12 heteroatoms. The Morgan fingerprint density at radius 2 is 1.72 bits per heavy atom. The number of hydrogen-bond donors (Lipinski definition) is 2. The number of benzene rings is 1. The van der Waals surface area contributed by atoms with Gasteiger partial charge < -0.3 is 34.7 Å². The highest BCUT2D eigenvalue weighted by Crippen LogP contribution is 2.35. The molecule has 1 unspecified atom stereocenters. The van der Waals surface area contributed by atoms with Crippen LogP contribution in [0.25, 0.3) is 0 Å². The smallest absolute Gasteiger partial charge is 0.276 e. The number of hydrogen-bond acceptors (Lipinski definition) is 10. The molecule has 1 amide bonds. The summed E-state index contributed by atoms with van der Waals surface area (Å²) in [5, 5.41) is 14.6. The van der Waals surface area contributed by atoms with Crippen LogP contribution in [0.2, 0.25) is 0 Å². The van der Waals surface area contributed by atoms with Crippen LogP contribution in [0.5, 0.6) is 11.5 Å². The number of carbonyl (C=O) groups excluding carboxylic acids is 2. The molecule has 2 heterocycles. The van der Waals surface area contributed by atoms with E-state index in [1.165, 1.54) is 13.2 Å². The SMILES string of the molecule is COc1cc2c([N+](=O)[O-])cc1OCCOCCOCCCCCOCCC(=O)NC(C(=O)CCCN)CCC2. The summed E-state index contributed by atoms with van der Waals surface area (Å²) >= 11 is 0. The first kappa shape index (κ1) is 32.4. The Hall–Kier alpha value is -2.80. The van der Waals surface area contributed by atoms with Gasteiger partial charge in [-0.2, -0.15) is 0 Å². The van der Waals surface area contributed by atoms with Crippen molar-refractivity contribution in [1.82, 2.24) is 5.32 Å². The number of aryl methyl sites for hydroxylation is 1. The van der Waals surface area contributed by atoms with Crippen LogP contribution >= 0.6 is 0 Å². The highest BCUT2D eigenvalue weighted by atomic mass is 16.6. The number of carbonyl (C=O) groups is 2. The van der Waals surface area contributed by atoms with E-state index in [4.69, 9.17) is 29.4 Å². The van der Waals surface area contributed by atoms with Gasteiger partial charge in [-0.3, -0.25) is 19.7 Å². The minimum absolute atomic E-state index is 0.0992. The van der Waals surface area contributed by atoms with Gasteiger partial charge in [0.15, 0.2) is 17.3 Å². The van der Waals surface area contributed by atoms with Crippen LogP contribution in [0.15, 0.2) is 12.1 Å². The number of ketones is 1. The van der Waals surface area contributed by atoms with Gasteiger partial charge >= 0.3 is 0 Å². The highest BCUT2D eigenvalue weighted by Gasteiger charge is 2.23. The fourth-order valence-electron chi connectivity index (χ4n) is 4.15. The average molecular weight is 554 g/mol. The summed E-state index contributed by atoms with van der Waals surface area (Å²) < 4.78 is 27.8. The van der Waals surface area contributed by atoms with Gasteiger partial charge in [-0.1, -0.05) is 0 Å². The van der Waals surface area contributed by atoms with Crippen LogP contribution < -0.4 is 20.5 Å². The molecule has 3 N–H and O–H groups in total. The molecule has 0 fully saturated rings. The number of nitrogens with zero attached hydrogens (tertiary/aromatic N) is 1. The van der Waals surface area contributed by atoms with Crippen LogP contribution in [0.3, 0.4) is 0 Å². The maximum Gasteiger partial charge on any atom is 0.276 e. The van der Waals surface area contributed by atoms with Gasteiger partial charge in [0.1, 0.15) is 6.61 Å². The third-order valence-corrected chi connectivity index (χ3v) is 6.26. The van der Waals surface area contributed by atoms with Crippen molar-refractivity contribution in [3.8, 4) is 11.5 Å². The molecule has 1 aromatic carbocycles. The highest BCUT2D eigenvalue weighted by molar-refractivity contribution is 5.89. The number of Topliss-reactive ketones (excluding diaryl/α,β-unsaturated/α-hetero) is 1. The van der Waals surface area contributed by atoms with Crippen molar-refractivity contribution in [3.05, 3.63) is 27.8 Å². The molecule has 220 valence electrons. The van der Waals surface area contributed by atoms with E-state index in [0.717, 1.165) is 19.3 Å². The van der Waals surface area contributed by atoms with Gasteiger partial charge in [0.2, 0.25) is 5.91 Å². The third kappa shape index (κ3) is 12.7. The normalized spacial score (nSPS) is 19.6. The van der Waals surface area contributed by atoms with E-state index in [9.17, 15) is 19.7 Å². The molecule has 0 saturated carbocycles. The molecule has 0 aliphatic carbocycles. The van der Waals surface area contributed by atoms with E-state index < -0.39 is 11.0 Å². The van der Waals surface area contributed by atoms with Gasteiger partial charge in [-0.15, -0.1) is 0 Å². The molecule has 2 aliphatic rings. The lowest BCUT2D eigenvalue weighted by Crippen LogP contribution is -2.41. The van der Waals surface area contributed by atoms with Crippen molar-refractivity contribution in [2.45, 2.75) is 63.8 Å². The Morgan fingerprint density at radius 1 is 1.03 bits per heavy atom. The van der Waals surface area contributed by atoms with Gasteiger partial charge in [0.05, 0.1) is 50.6 Å². The molecule has 2 aliphatic heterocycles. The second kappa shape index (κ2) is 19.3. The zero-order chi connectivity index (χ0) is 28.3. The molecular formula is C27H43N3O9. The van der Waals surface area contributed by atoms with Crippen molar-refractivity contribution in [1.29, 1.82) is 0 Å². The summed E-state index contributed by atoms with van der Waals surface area (Å²) in [6.07, 6.45) is 4.74. The van der Waals surface area contributed by atoms with E-state index in [0.29, 0.717) is 76.6 Å². The molecule has 0 aromatic heterocycles. The standard InChI is InChI=1S/C27H43N3O9/c1-35-25-19-21-7-5-8-22(24(31)9-6-11-28)29-27(32)10-14-36-12-3-2-4-13-37-15-16-38-17-18-39-26(25)20-23(21)30(33)34/h19-20,22H,2-18,28H2,1H3,(H,29,32). The molecule has 1 aromatic rings. The molecule has 1 atom stereocenters. The number of methoxy groups -OCH3 is 1. The largest absolute Gasteiger partial charge is 0.493 e. The molecule has 0 radical (unpaired) electrons. The van der Waals surface area contributed by atoms with Crippen LogP contribution in [0.4, 0.5) is 5.69 Å². The van der Waals surface area contributed by atoms with Crippen molar-refractivity contribution < 1.29 is 38.2 Å². The molecule has 12 nitrogen and oxygen atoms in total. The second-order valence-electron chi connectivity index (χ2n) is 9.26. The first-order valence-corrected chi connectivity index (χ1v) is 13.7. The molecule has 0 spiro atoms. The van der Waals surface area contributed by atoms with Crippen molar-refractivity contribution in [2.24, 2.45) is 5.73 Å². The summed E-state index contributed by atoms with van der Waals surface area (Å²) in [5.74, 6) is 0.250. The Morgan fingerprint density at radius 3 is 2.41 bits per heavy atom. The Labute approximate surface area is 230 Å². The average Bonchev–Trinajstić information content (AvgIpc) is 2.92. The number of nitrogens with two attached hydrogens (primary N) is 1. The molecule has 2 bridgehead atoms. The zero-order valence-corrected chi connectivity index (χ0v) is 23.0. The summed E-state index contributed by atoms with van der Waals surface area (Å²) in [5.41, 5.74) is 5.91. The fourth-order valence-corrected chi connectivity index (χ4v) is 4.15. The van der Waals surface area contributed by atoms with Gasteiger partial charge in [-0.25, -0.2) is 0 Å². The number of nitro groups is 1. The maximum atomic E-state index is 12.8. The zero-order valence-electron chi connectivity index (χ0n) is 23.0. The molecule has 3 rings (SSSR count). The summed E-state index contributed by atoms with van der Waals surface area (Å²) in [4.78, 5) is 36.6. The first-order valence-electron chi connectivity index (χ1n) is 13.7. The predicted octanol–water partition coefficient (Wildman–Crippen LogP) is 2.72. The summed E-state index contributed by atoms with van der Waals surface area (Å²) in [7, 11) is 1.47. The van der Waals surface area contributed by atoms with Crippen LogP contribution in [0.1, 0.15) is 56.9 Å². The number of rotatable bonds is 6. The van der Waals surface area contributed by atoms with E-state index in [2.05, 4.69) is 5.32 Å². The monoisotopic (exact) mass is 553 g/mol. The van der Waals surface area contributed by atoms with Gasteiger partial charge in [0, 0.05) is 31.6 Å². The van der Waals surface area contributed by atoms with Crippen molar-refractivity contribution in [3.63, 3.8) is 0 Å². The number of amides is 1. The lowest BCUT2D eigenvalue weighted by atomic mass is 9.98. The summed E-state index contributed by atoms with van der Waals surface area (Å²) in [6, 6.07) is 2.25. The Bertz CT molecular complexity index is 897. The molecular weight excluding hydrogens is 510 g/mol. The fraction of sp³-hybridized carbons (Fsp3) is 0.704. The second-order valence-corrected chi connectivity index (χ2v) is 9.26. The lowest BCUT2D eigenvalue weighted by molar-refractivity contribution is -0.385. The molecule has 0 saturated heterocycles. The maximum absolute atomic E-state index is 12.8. The number of nitrogens with one attached hydrogen (secondary N) is 1. The quantitative estimate of drug-likeness (QED) is 0.304. The van der Waals surface area contributed by atoms with Crippen LogP contribution in [0, 0.1) is 10.1 Å².